The lowest BCUT2D eigenvalue weighted by atomic mass is 10.2. The second-order valence-corrected chi connectivity index (χ2v) is 7.82. The van der Waals surface area contributed by atoms with Gasteiger partial charge < -0.3 is 10.4 Å². The SMILES string of the molecule is O=C(Cc1csc(Nc2cccc(C(F)(F)F)c2)n1)N/N=C\c1cc(Cl)c(O)c(Cl)c1. The zero-order valence-corrected chi connectivity index (χ0v) is 17.7. The molecule has 3 rings (SSSR count). The fraction of sp³-hybridized carbons (Fsp3) is 0.105. The number of hydrogen-bond acceptors (Lipinski definition) is 6. The van der Waals surface area contributed by atoms with Crippen molar-refractivity contribution in [2.24, 2.45) is 5.10 Å². The molecule has 3 aromatic rings. The van der Waals surface area contributed by atoms with Crippen molar-refractivity contribution in [3.8, 4) is 5.75 Å². The smallest absolute Gasteiger partial charge is 0.416 e. The van der Waals surface area contributed by atoms with E-state index < -0.39 is 17.6 Å². The molecule has 0 spiro atoms. The number of nitrogens with zero attached hydrogens (tertiary/aromatic N) is 2. The van der Waals surface area contributed by atoms with Gasteiger partial charge in [-0.25, -0.2) is 10.4 Å². The molecule has 0 saturated carbocycles. The van der Waals surface area contributed by atoms with Crippen LogP contribution in [0.5, 0.6) is 5.75 Å². The highest BCUT2D eigenvalue weighted by molar-refractivity contribution is 7.13. The molecule has 31 heavy (non-hydrogen) atoms. The van der Waals surface area contributed by atoms with Crippen molar-refractivity contribution in [3.05, 3.63) is 68.6 Å². The minimum Gasteiger partial charge on any atom is -0.505 e. The van der Waals surface area contributed by atoms with Crippen LogP contribution in [0.4, 0.5) is 24.0 Å². The van der Waals surface area contributed by atoms with Gasteiger partial charge in [-0.15, -0.1) is 11.3 Å². The predicted molar refractivity (Wildman–Crippen MR) is 114 cm³/mol. The Balaban J connectivity index is 1.57. The number of halogens is 5. The normalized spacial score (nSPS) is 11.6. The van der Waals surface area contributed by atoms with Crippen molar-refractivity contribution in [1.82, 2.24) is 10.4 Å². The number of aromatic nitrogens is 1. The Morgan fingerprint density at radius 1 is 1.23 bits per heavy atom. The van der Waals surface area contributed by atoms with Crippen LogP contribution in [0.1, 0.15) is 16.8 Å². The second-order valence-electron chi connectivity index (χ2n) is 6.15. The van der Waals surface area contributed by atoms with Crippen LogP contribution in [-0.2, 0) is 17.4 Å². The predicted octanol–water partition coefficient (Wildman–Crippen LogP) is 5.61. The Morgan fingerprint density at radius 3 is 2.61 bits per heavy atom. The van der Waals surface area contributed by atoms with Crippen molar-refractivity contribution in [1.29, 1.82) is 0 Å². The largest absolute Gasteiger partial charge is 0.505 e. The first-order valence-corrected chi connectivity index (χ1v) is 10.1. The minimum absolute atomic E-state index is 0.0450. The van der Waals surface area contributed by atoms with Gasteiger partial charge in [-0.05, 0) is 35.9 Å². The number of aromatic hydroxyl groups is 1. The molecule has 1 amide bonds. The standard InChI is InChI=1S/C19H13Cl2F3N4O2S/c20-14-4-10(5-15(21)17(14)30)8-25-28-16(29)7-13-9-31-18(27-13)26-12-3-1-2-11(6-12)19(22,23)24/h1-6,8-9,30H,7H2,(H,26,27)(H,28,29)/b25-8-. The summed E-state index contributed by atoms with van der Waals surface area (Å²) in [7, 11) is 0. The first-order valence-electron chi connectivity index (χ1n) is 8.50. The van der Waals surface area contributed by atoms with Crippen LogP contribution in [0, 0.1) is 0 Å². The summed E-state index contributed by atoms with van der Waals surface area (Å²) in [6.45, 7) is 0. The van der Waals surface area contributed by atoms with Gasteiger partial charge in [0.1, 0.15) is 0 Å². The molecular weight excluding hydrogens is 476 g/mol. The van der Waals surface area contributed by atoms with Crippen molar-refractivity contribution in [2.75, 3.05) is 5.32 Å². The summed E-state index contributed by atoms with van der Waals surface area (Å²) in [5.74, 6) is -0.703. The summed E-state index contributed by atoms with van der Waals surface area (Å²) in [6, 6.07) is 7.57. The Labute approximate surface area is 188 Å². The van der Waals surface area contributed by atoms with Gasteiger partial charge >= 0.3 is 6.18 Å². The molecule has 12 heteroatoms. The summed E-state index contributed by atoms with van der Waals surface area (Å²) in [5, 5.41) is 18.1. The maximum atomic E-state index is 12.8. The third kappa shape index (κ3) is 6.33. The van der Waals surface area contributed by atoms with Crippen LogP contribution >= 0.6 is 34.5 Å². The Hall–Kier alpha value is -2.82. The van der Waals surface area contributed by atoms with Crippen LogP contribution in [0.3, 0.4) is 0 Å². The third-order valence-corrected chi connectivity index (χ3v) is 5.16. The zero-order chi connectivity index (χ0) is 22.6. The molecule has 0 aliphatic heterocycles. The summed E-state index contributed by atoms with van der Waals surface area (Å²) in [5.41, 5.74) is 2.66. The maximum absolute atomic E-state index is 12.8. The number of rotatable bonds is 6. The number of phenols is 1. The van der Waals surface area contributed by atoms with E-state index in [1.807, 2.05) is 0 Å². The molecule has 162 valence electrons. The van der Waals surface area contributed by atoms with E-state index in [1.165, 1.54) is 30.5 Å². The third-order valence-electron chi connectivity index (χ3n) is 3.78. The van der Waals surface area contributed by atoms with Gasteiger partial charge in [0.05, 0.1) is 33.9 Å². The van der Waals surface area contributed by atoms with Crippen LogP contribution < -0.4 is 10.7 Å². The Morgan fingerprint density at radius 2 is 1.94 bits per heavy atom. The highest BCUT2D eigenvalue weighted by Crippen LogP contribution is 2.33. The Bertz CT molecular complexity index is 1110. The summed E-state index contributed by atoms with van der Waals surface area (Å²) >= 11 is 12.8. The maximum Gasteiger partial charge on any atom is 0.416 e. The van der Waals surface area contributed by atoms with E-state index in [9.17, 15) is 23.1 Å². The number of hydrazone groups is 1. The molecule has 0 fully saturated rings. The van der Waals surface area contributed by atoms with Gasteiger partial charge in [-0.3, -0.25) is 4.79 Å². The van der Waals surface area contributed by atoms with E-state index in [1.54, 1.807) is 5.38 Å². The number of alkyl halides is 3. The van der Waals surface area contributed by atoms with E-state index in [4.69, 9.17) is 23.2 Å². The summed E-state index contributed by atoms with van der Waals surface area (Å²) < 4.78 is 38.4. The van der Waals surface area contributed by atoms with Crippen LogP contribution in [-0.4, -0.2) is 22.2 Å². The van der Waals surface area contributed by atoms with Gasteiger partial charge in [0.25, 0.3) is 0 Å². The fourth-order valence-electron chi connectivity index (χ4n) is 2.38. The molecule has 0 atom stereocenters. The summed E-state index contributed by atoms with van der Waals surface area (Å²) in [6.07, 6.45) is -3.23. The monoisotopic (exact) mass is 488 g/mol. The van der Waals surface area contributed by atoms with Gasteiger partial charge in [0, 0.05) is 11.1 Å². The second kappa shape index (κ2) is 9.54. The zero-order valence-electron chi connectivity index (χ0n) is 15.4. The molecule has 0 unspecified atom stereocenters. The molecule has 0 bridgehead atoms. The Kier molecular flexibility index (Phi) is 7.04. The van der Waals surface area contributed by atoms with Crippen LogP contribution in [0.25, 0.3) is 0 Å². The quantitative estimate of drug-likeness (QED) is 0.310. The molecule has 3 N–H and O–H groups in total. The van der Waals surface area contributed by atoms with Crippen LogP contribution in [0.15, 0.2) is 46.9 Å². The number of carbonyl (C=O) groups is 1. The van der Waals surface area contributed by atoms with Gasteiger partial charge in [-0.2, -0.15) is 18.3 Å². The molecule has 0 saturated heterocycles. The topological polar surface area (TPSA) is 86.6 Å². The molecule has 6 nitrogen and oxygen atoms in total. The number of thiazole rings is 1. The molecule has 1 aromatic heterocycles. The van der Waals surface area contributed by atoms with Gasteiger partial charge in [0.2, 0.25) is 5.91 Å². The highest BCUT2D eigenvalue weighted by atomic mass is 35.5. The number of amides is 1. The van der Waals surface area contributed by atoms with E-state index in [-0.39, 0.29) is 27.9 Å². The average molecular weight is 489 g/mol. The first-order chi connectivity index (χ1) is 14.6. The highest BCUT2D eigenvalue weighted by Gasteiger charge is 2.30. The molecular formula is C19H13Cl2F3N4O2S. The van der Waals surface area contributed by atoms with Crippen molar-refractivity contribution >= 4 is 57.5 Å². The van der Waals surface area contributed by atoms with Crippen molar-refractivity contribution < 1.29 is 23.1 Å². The molecule has 0 aliphatic carbocycles. The minimum atomic E-state index is -4.44. The molecule has 0 radical (unpaired) electrons. The van der Waals surface area contributed by atoms with Gasteiger partial charge in [0.15, 0.2) is 10.9 Å². The molecule has 0 aliphatic rings. The van der Waals surface area contributed by atoms with Crippen LogP contribution in [0.2, 0.25) is 10.0 Å². The molecule has 1 heterocycles. The fourth-order valence-corrected chi connectivity index (χ4v) is 3.62. The van der Waals surface area contributed by atoms with E-state index in [0.29, 0.717) is 16.4 Å². The van der Waals surface area contributed by atoms with Crippen molar-refractivity contribution in [2.45, 2.75) is 12.6 Å². The number of phenolic OH excluding ortho intramolecular Hbond substituents is 1. The van der Waals surface area contributed by atoms with Gasteiger partial charge in [-0.1, -0.05) is 29.3 Å². The number of benzene rings is 2. The van der Waals surface area contributed by atoms with E-state index >= 15 is 0 Å². The summed E-state index contributed by atoms with van der Waals surface area (Å²) in [4.78, 5) is 16.2. The number of anilines is 2. The lowest BCUT2D eigenvalue weighted by Crippen LogP contribution is -2.19. The lowest BCUT2D eigenvalue weighted by molar-refractivity contribution is -0.137. The van der Waals surface area contributed by atoms with E-state index in [0.717, 1.165) is 23.5 Å². The molecule has 2 aromatic carbocycles. The number of hydrogen-bond donors (Lipinski definition) is 3. The lowest BCUT2D eigenvalue weighted by Gasteiger charge is -2.08. The number of carbonyl (C=O) groups excluding carboxylic acids is 1. The van der Waals surface area contributed by atoms with Crippen molar-refractivity contribution in [3.63, 3.8) is 0 Å². The van der Waals surface area contributed by atoms with E-state index in [2.05, 4.69) is 20.8 Å². The first kappa shape index (κ1) is 22.9. The number of nitrogens with one attached hydrogen (secondary N) is 2. The average Bonchev–Trinajstić information content (AvgIpc) is 3.12.